The normalized spacial score (nSPS) is 27.1. The molecule has 0 radical (unpaired) electrons. The van der Waals surface area contributed by atoms with Crippen LogP contribution in [-0.2, 0) is 37.6 Å². The summed E-state index contributed by atoms with van der Waals surface area (Å²) in [5, 5.41) is 10.1. The zero-order valence-electron chi connectivity index (χ0n) is 21.0. The number of aromatic nitrogens is 2. The molecule has 3 aliphatic heterocycles. The molecule has 2 aromatic rings. The molecule has 1 aliphatic carbocycles. The third-order valence-electron chi connectivity index (χ3n) is 7.38. The molecule has 196 valence electrons. The number of piperidine rings is 1. The summed E-state index contributed by atoms with van der Waals surface area (Å²) in [4.78, 5) is 48.9. The van der Waals surface area contributed by atoms with Gasteiger partial charge in [-0.15, -0.1) is 11.3 Å². The number of imide groups is 1. The topological polar surface area (TPSA) is 138 Å². The van der Waals surface area contributed by atoms with Crippen molar-refractivity contribution >= 4 is 34.9 Å². The minimum absolute atomic E-state index is 0.0693. The Bertz CT molecular complexity index is 1280. The van der Waals surface area contributed by atoms with Gasteiger partial charge in [-0.25, -0.2) is 9.97 Å². The zero-order valence-corrected chi connectivity index (χ0v) is 21.8. The summed E-state index contributed by atoms with van der Waals surface area (Å²) in [6, 6.07) is 2.81. The van der Waals surface area contributed by atoms with Crippen molar-refractivity contribution in [3.05, 3.63) is 39.0 Å². The van der Waals surface area contributed by atoms with E-state index in [9.17, 15) is 14.4 Å². The van der Waals surface area contributed by atoms with Gasteiger partial charge in [-0.1, -0.05) is 0 Å². The molecule has 2 saturated heterocycles. The second-order valence-corrected chi connectivity index (χ2v) is 11.5. The summed E-state index contributed by atoms with van der Waals surface area (Å²) in [7, 11) is 1.74. The first-order valence-corrected chi connectivity index (χ1v) is 13.4. The molecule has 12 heteroatoms. The molecule has 0 spiro atoms. The molecule has 3 amide bonds. The van der Waals surface area contributed by atoms with Crippen molar-refractivity contribution in [3.63, 3.8) is 0 Å². The Kier molecular flexibility index (Phi) is 6.02. The minimum Gasteiger partial charge on any atom is -0.375 e. The molecular formula is C25H30N6O5S. The van der Waals surface area contributed by atoms with Gasteiger partial charge in [0.05, 0.1) is 29.0 Å². The lowest BCUT2D eigenvalue weighted by molar-refractivity contribution is -0.136. The van der Waals surface area contributed by atoms with E-state index in [0.717, 1.165) is 30.0 Å². The number of hydrogen-bond acceptors (Lipinski definition) is 10. The lowest BCUT2D eigenvalue weighted by Crippen LogP contribution is -2.52. The molecule has 2 aromatic heterocycles. The van der Waals surface area contributed by atoms with E-state index in [1.54, 1.807) is 30.6 Å². The molecule has 11 nitrogen and oxygen atoms in total. The number of epoxide rings is 1. The molecule has 4 aliphatic rings. The number of thiazole rings is 1. The third-order valence-corrected chi connectivity index (χ3v) is 8.83. The van der Waals surface area contributed by atoms with Gasteiger partial charge in [-0.2, -0.15) is 0 Å². The first-order chi connectivity index (χ1) is 17.7. The van der Waals surface area contributed by atoms with Crippen LogP contribution >= 0.6 is 11.3 Å². The van der Waals surface area contributed by atoms with Crippen LogP contribution in [0.5, 0.6) is 0 Å². The average Bonchev–Trinajstić information content (AvgIpc) is 3.26. The van der Waals surface area contributed by atoms with E-state index in [0.29, 0.717) is 23.5 Å². The maximum atomic E-state index is 12.9. The monoisotopic (exact) mass is 526 g/mol. The molecule has 5 heterocycles. The second kappa shape index (κ2) is 9.12. The van der Waals surface area contributed by atoms with Gasteiger partial charge in [-0.05, 0) is 51.7 Å². The number of fused-ring (bicyclic) bond motifs is 2. The number of rotatable bonds is 7. The standard InChI is InChI=1S/C25H30N6O5S/c1-25(2,24-29-19-15(35-3)5-4-6-16(19)37-24)30-22-21(36-22)27-17-9-7-12-13(26-17)11-31(23(12)34)14-8-10-18(32)28-20(14)33/h7,9,14-15,21-22,30H,4-6,8,10-11H2,1-3H3,(H,26,27)(H,28,32,33). The molecular weight excluding hydrogens is 496 g/mol. The van der Waals surface area contributed by atoms with Gasteiger partial charge < -0.3 is 19.7 Å². The Morgan fingerprint density at radius 1 is 1.16 bits per heavy atom. The van der Waals surface area contributed by atoms with E-state index in [1.165, 1.54) is 9.78 Å². The number of carbonyl (C=O) groups excluding carboxylic acids is 3. The Labute approximate surface area is 218 Å². The summed E-state index contributed by atoms with van der Waals surface area (Å²) in [6.45, 7) is 4.43. The quantitative estimate of drug-likeness (QED) is 0.365. The number of anilines is 1. The van der Waals surface area contributed by atoms with E-state index in [-0.39, 0.29) is 48.9 Å². The van der Waals surface area contributed by atoms with Crippen molar-refractivity contribution in [1.82, 2.24) is 25.5 Å². The van der Waals surface area contributed by atoms with E-state index in [4.69, 9.17) is 14.5 Å². The third kappa shape index (κ3) is 4.52. The lowest BCUT2D eigenvalue weighted by Gasteiger charge is -2.29. The van der Waals surface area contributed by atoms with E-state index in [1.807, 2.05) is 0 Å². The van der Waals surface area contributed by atoms with Crippen molar-refractivity contribution in [3.8, 4) is 0 Å². The minimum atomic E-state index is -0.658. The van der Waals surface area contributed by atoms with Crippen LogP contribution < -0.4 is 16.0 Å². The summed E-state index contributed by atoms with van der Waals surface area (Å²) >= 11 is 1.74. The van der Waals surface area contributed by atoms with Crippen LogP contribution in [-0.4, -0.2) is 58.2 Å². The van der Waals surface area contributed by atoms with Gasteiger partial charge in [-0.3, -0.25) is 25.0 Å². The van der Waals surface area contributed by atoms with Crippen LogP contribution in [0.25, 0.3) is 0 Å². The highest BCUT2D eigenvalue weighted by atomic mass is 32.1. The van der Waals surface area contributed by atoms with Crippen molar-refractivity contribution < 1.29 is 23.9 Å². The number of pyridine rings is 1. The highest BCUT2D eigenvalue weighted by molar-refractivity contribution is 7.11. The molecule has 4 unspecified atom stereocenters. The molecule has 4 atom stereocenters. The lowest BCUT2D eigenvalue weighted by atomic mass is 10.00. The molecule has 0 aromatic carbocycles. The predicted molar refractivity (Wildman–Crippen MR) is 134 cm³/mol. The largest absolute Gasteiger partial charge is 0.375 e. The van der Waals surface area contributed by atoms with Crippen molar-refractivity contribution in [1.29, 1.82) is 0 Å². The first kappa shape index (κ1) is 24.4. The molecule has 0 saturated carbocycles. The Morgan fingerprint density at radius 3 is 2.78 bits per heavy atom. The van der Waals surface area contributed by atoms with E-state index in [2.05, 4.69) is 34.8 Å². The Hall–Kier alpha value is -2.93. The Morgan fingerprint density at radius 2 is 2.00 bits per heavy atom. The first-order valence-electron chi connectivity index (χ1n) is 12.6. The van der Waals surface area contributed by atoms with Crippen LogP contribution in [0.2, 0.25) is 0 Å². The van der Waals surface area contributed by atoms with Gasteiger partial charge in [0.1, 0.15) is 23.0 Å². The maximum absolute atomic E-state index is 12.9. The average molecular weight is 527 g/mol. The van der Waals surface area contributed by atoms with E-state index < -0.39 is 11.9 Å². The van der Waals surface area contributed by atoms with Crippen LogP contribution in [0.1, 0.15) is 77.3 Å². The molecule has 3 N–H and O–H groups in total. The number of ether oxygens (including phenoxy) is 2. The molecule has 0 bridgehead atoms. The number of hydrogen-bond donors (Lipinski definition) is 3. The van der Waals surface area contributed by atoms with E-state index >= 15 is 0 Å². The fourth-order valence-corrected chi connectivity index (χ4v) is 6.51. The summed E-state index contributed by atoms with van der Waals surface area (Å²) in [5.41, 5.74) is 1.76. The maximum Gasteiger partial charge on any atom is 0.256 e. The van der Waals surface area contributed by atoms with Gasteiger partial charge in [0.2, 0.25) is 11.8 Å². The van der Waals surface area contributed by atoms with Crippen molar-refractivity contribution in [2.45, 2.75) is 82.6 Å². The highest BCUT2D eigenvalue weighted by Crippen LogP contribution is 2.39. The number of nitrogens with one attached hydrogen (secondary N) is 3. The number of aryl methyl sites for hydroxylation is 1. The fourth-order valence-electron chi connectivity index (χ4n) is 5.29. The van der Waals surface area contributed by atoms with Crippen LogP contribution in [0.4, 0.5) is 5.82 Å². The molecule has 2 fully saturated rings. The van der Waals surface area contributed by atoms with Gasteiger partial charge >= 0.3 is 0 Å². The number of methoxy groups -OCH3 is 1. The van der Waals surface area contributed by atoms with Crippen molar-refractivity contribution in [2.75, 3.05) is 12.4 Å². The SMILES string of the molecule is COC1CCCc2sc(C(C)(C)NC3OC3Nc3ccc4c(n3)CN(C3CCC(=O)NC3=O)C4=O)nc21. The number of amides is 3. The Balaban J connectivity index is 1.08. The smallest absolute Gasteiger partial charge is 0.256 e. The molecule has 6 rings (SSSR count). The van der Waals surface area contributed by atoms with Crippen LogP contribution in [0, 0.1) is 0 Å². The summed E-state index contributed by atoms with van der Waals surface area (Å²) < 4.78 is 11.5. The highest BCUT2D eigenvalue weighted by Gasteiger charge is 2.45. The predicted octanol–water partition coefficient (Wildman–Crippen LogP) is 1.94. The summed E-state index contributed by atoms with van der Waals surface area (Å²) in [6.07, 6.45) is 3.28. The van der Waals surface area contributed by atoms with Crippen LogP contribution in [0.3, 0.4) is 0 Å². The van der Waals surface area contributed by atoms with Gasteiger partial charge in [0.25, 0.3) is 5.91 Å². The van der Waals surface area contributed by atoms with Crippen LogP contribution in [0.15, 0.2) is 12.1 Å². The van der Waals surface area contributed by atoms with Crippen molar-refractivity contribution in [2.24, 2.45) is 0 Å². The number of nitrogens with zero attached hydrogens (tertiary/aromatic N) is 3. The zero-order chi connectivity index (χ0) is 25.9. The number of carbonyl (C=O) groups is 3. The van der Waals surface area contributed by atoms with Gasteiger partial charge in [0, 0.05) is 18.4 Å². The second-order valence-electron chi connectivity index (χ2n) is 10.4. The van der Waals surface area contributed by atoms with Gasteiger partial charge in [0.15, 0.2) is 12.5 Å². The molecule has 37 heavy (non-hydrogen) atoms. The summed E-state index contributed by atoms with van der Waals surface area (Å²) in [5.74, 6) is -0.386. The fraction of sp³-hybridized carbons (Fsp3) is 0.560.